The van der Waals surface area contributed by atoms with Crippen molar-refractivity contribution < 1.29 is 13.9 Å². The van der Waals surface area contributed by atoms with Crippen LogP contribution < -0.4 is 0 Å². The van der Waals surface area contributed by atoms with E-state index in [-0.39, 0.29) is 11.4 Å². The summed E-state index contributed by atoms with van der Waals surface area (Å²) in [5.41, 5.74) is 0.525. The molecule has 0 bridgehead atoms. The number of carbonyl (C=O) groups is 1. The van der Waals surface area contributed by atoms with Crippen molar-refractivity contribution in [2.24, 2.45) is 0 Å². The summed E-state index contributed by atoms with van der Waals surface area (Å²) in [5, 5.41) is 0.973. The number of ether oxygens (including phenoxy) is 1. The normalized spacial score (nSPS) is 17.6. The monoisotopic (exact) mass is 244 g/mol. The van der Waals surface area contributed by atoms with Gasteiger partial charge >= 0.3 is 0 Å². The second kappa shape index (κ2) is 4.25. The van der Waals surface area contributed by atoms with Gasteiger partial charge in [-0.05, 0) is 31.4 Å². The van der Waals surface area contributed by atoms with Crippen LogP contribution in [-0.4, -0.2) is 18.5 Å². The van der Waals surface area contributed by atoms with Crippen LogP contribution in [0.1, 0.15) is 36.2 Å². The van der Waals surface area contributed by atoms with Crippen LogP contribution in [0.5, 0.6) is 0 Å². The molecule has 1 heterocycles. The van der Waals surface area contributed by atoms with Gasteiger partial charge in [0, 0.05) is 18.9 Å². The molecule has 94 valence electrons. The maximum atomic E-state index is 12.2. The Balaban J connectivity index is 1.83. The predicted molar refractivity (Wildman–Crippen MR) is 68.8 cm³/mol. The zero-order valence-corrected chi connectivity index (χ0v) is 10.4. The Morgan fingerprint density at radius 3 is 2.78 bits per heavy atom. The van der Waals surface area contributed by atoms with E-state index in [1.165, 1.54) is 0 Å². The van der Waals surface area contributed by atoms with Crippen LogP contribution in [0.25, 0.3) is 11.0 Å². The molecule has 0 spiro atoms. The summed E-state index contributed by atoms with van der Waals surface area (Å²) >= 11 is 0. The molecule has 0 saturated heterocycles. The molecule has 1 aromatic carbocycles. The average Bonchev–Trinajstić information content (AvgIpc) is 2.77. The van der Waals surface area contributed by atoms with Crippen LogP contribution in [0.15, 0.2) is 34.7 Å². The summed E-state index contributed by atoms with van der Waals surface area (Å²) in [6, 6.07) is 9.49. The molecule has 0 atom stereocenters. The van der Waals surface area contributed by atoms with Crippen molar-refractivity contribution in [3.8, 4) is 0 Å². The number of ketones is 1. The highest BCUT2D eigenvalue weighted by Crippen LogP contribution is 2.39. The van der Waals surface area contributed by atoms with Gasteiger partial charge in [0.25, 0.3) is 0 Å². The van der Waals surface area contributed by atoms with Gasteiger partial charge in [0.2, 0.25) is 5.78 Å². The van der Waals surface area contributed by atoms with Crippen LogP contribution in [-0.2, 0) is 4.74 Å². The molecule has 3 nitrogen and oxygen atoms in total. The summed E-state index contributed by atoms with van der Waals surface area (Å²) < 4.78 is 11.1. The first-order valence-electron chi connectivity index (χ1n) is 6.29. The lowest BCUT2D eigenvalue weighted by Crippen LogP contribution is -2.41. The van der Waals surface area contributed by atoms with Gasteiger partial charge in [-0.2, -0.15) is 0 Å². The second-order valence-electron chi connectivity index (χ2n) is 4.99. The number of methoxy groups -OCH3 is 1. The lowest BCUT2D eigenvalue weighted by molar-refractivity contribution is -0.0707. The number of fused-ring (bicyclic) bond motifs is 1. The van der Waals surface area contributed by atoms with Crippen molar-refractivity contribution in [3.63, 3.8) is 0 Å². The molecule has 3 rings (SSSR count). The van der Waals surface area contributed by atoms with Crippen molar-refractivity contribution in [1.82, 2.24) is 0 Å². The highest BCUT2D eigenvalue weighted by atomic mass is 16.5. The number of benzene rings is 1. The summed E-state index contributed by atoms with van der Waals surface area (Å²) in [5.74, 6) is 0.479. The van der Waals surface area contributed by atoms with E-state index in [1.807, 2.05) is 30.3 Å². The number of rotatable bonds is 4. The van der Waals surface area contributed by atoms with Crippen molar-refractivity contribution in [3.05, 3.63) is 36.1 Å². The number of para-hydroxylation sites is 1. The molecule has 1 aliphatic rings. The van der Waals surface area contributed by atoms with Crippen LogP contribution in [0, 0.1) is 0 Å². The van der Waals surface area contributed by atoms with Crippen LogP contribution in [0.4, 0.5) is 0 Å². The third-order valence-corrected chi connectivity index (χ3v) is 3.88. The molecule has 3 heteroatoms. The number of carbonyl (C=O) groups excluding carboxylic acids is 1. The lowest BCUT2D eigenvalue weighted by Gasteiger charge is -2.39. The summed E-state index contributed by atoms with van der Waals surface area (Å²) in [6.07, 6.45) is 3.50. The first-order chi connectivity index (χ1) is 8.72. The molecule has 0 unspecified atom stereocenters. The summed E-state index contributed by atoms with van der Waals surface area (Å²) in [7, 11) is 1.69. The third kappa shape index (κ3) is 1.85. The molecular formula is C15H16O3. The minimum absolute atomic E-state index is 0.0350. The minimum atomic E-state index is -0.240. The van der Waals surface area contributed by atoms with E-state index in [0.29, 0.717) is 12.2 Å². The van der Waals surface area contributed by atoms with Gasteiger partial charge in [0.15, 0.2) is 5.76 Å². The van der Waals surface area contributed by atoms with Gasteiger partial charge < -0.3 is 9.15 Å². The first kappa shape index (κ1) is 11.5. The number of Topliss-reactive ketones (excluding diaryl/α,β-unsaturated/α-hetero) is 1. The zero-order chi connectivity index (χ0) is 12.6. The zero-order valence-electron chi connectivity index (χ0n) is 10.4. The molecule has 0 amide bonds. The topological polar surface area (TPSA) is 39.4 Å². The first-order valence-corrected chi connectivity index (χ1v) is 6.29. The molecular weight excluding hydrogens is 228 g/mol. The Kier molecular flexibility index (Phi) is 2.71. The second-order valence-corrected chi connectivity index (χ2v) is 4.99. The van der Waals surface area contributed by atoms with Gasteiger partial charge in [-0.3, -0.25) is 4.79 Å². The number of furan rings is 1. The number of hydrogen-bond donors (Lipinski definition) is 0. The maximum Gasteiger partial charge on any atom is 0.200 e. The van der Waals surface area contributed by atoms with Gasteiger partial charge in [0.1, 0.15) is 5.58 Å². The van der Waals surface area contributed by atoms with E-state index < -0.39 is 0 Å². The quantitative estimate of drug-likeness (QED) is 0.772. The smallest absolute Gasteiger partial charge is 0.200 e. The standard InChI is InChI=1S/C15H16O3/c1-17-15(7-4-8-15)10-12(16)14-9-11-5-2-3-6-13(11)18-14/h2-3,5-6,9H,4,7-8,10H2,1H3. The molecule has 1 saturated carbocycles. The van der Waals surface area contributed by atoms with Gasteiger partial charge in [-0.25, -0.2) is 0 Å². The molecule has 1 aromatic heterocycles. The highest BCUT2D eigenvalue weighted by Gasteiger charge is 2.39. The van der Waals surface area contributed by atoms with Crippen LogP contribution in [0.3, 0.4) is 0 Å². The predicted octanol–water partition coefficient (Wildman–Crippen LogP) is 3.57. The van der Waals surface area contributed by atoms with E-state index in [9.17, 15) is 4.79 Å². The van der Waals surface area contributed by atoms with Gasteiger partial charge in [-0.15, -0.1) is 0 Å². The maximum absolute atomic E-state index is 12.2. The third-order valence-electron chi connectivity index (χ3n) is 3.88. The minimum Gasteiger partial charge on any atom is -0.453 e. The Morgan fingerprint density at radius 1 is 1.39 bits per heavy atom. The fraction of sp³-hybridized carbons (Fsp3) is 0.400. The Labute approximate surface area is 106 Å². The average molecular weight is 244 g/mol. The highest BCUT2D eigenvalue weighted by molar-refractivity contribution is 5.98. The van der Waals surface area contributed by atoms with Crippen molar-refractivity contribution in [1.29, 1.82) is 0 Å². The van der Waals surface area contributed by atoms with E-state index >= 15 is 0 Å². The Hall–Kier alpha value is -1.61. The van der Waals surface area contributed by atoms with Gasteiger partial charge in [0.05, 0.1) is 5.60 Å². The molecule has 0 radical (unpaired) electrons. The molecule has 2 aromatic rings. The van der Waals surface area contributed by atoms with E-state index in [4.69, 9.17) is 9.15 Å². The molecule has 0 N–H and O–H groups in total. The Morgan fingerprint density at radius 2 is 2.17 bits per heavy atom. The molecule has 1 fully saturated rings. The Bertz CT molecular complexity index is 540. The van der Waals surface area contributed by atoms with Crippen molar-refractivity contribution in [2.75, 3.05) is 7.11 Å². The lowest BCUT2D eigenvalue weighted by atomic mass is 9.76. The van der Waals surface area contributed by atoms with E-state index in [0.717, 1.165) is 30.2 Å². The fourth-order valence-electron chi connectivity index (χ4n) is 2.52. The van der Waals surface area contributed by atoms with E-state index in [1.54, 1.807) is 7.11 Å². The largest absolute Gasteiger partial charge is 0.453 e. The van der Waals surface area contributed by atoms with Crippen molar-refractivity contribution >= 4 is 16.8 Å². The molecule has 18 heavy (non-hydrogen) atoms. The summed E-state index contributed by atoms with van der Waals surface area (Å²) in [6.45, 7) is 0. The van der Waals surface area contributed by atoms with E-state index in [2.05, 4.69) is 0 Å². The summed E-state index contributed by atoms with van der Waals surface area (Å²) in [4.78, 5) is 12.2. The van der Waals surface area contributed by atoms with Crippen LogP contribution in [0.2, 0.25) is 0 Å². The van der Waals surface area contributed by atoms with Crippen molar-refractivity contribution in [2.45, 2.75) is 31.3 Å². The SMILES string of the molecule is COC1(CC(=O)c2cc3ccccc3o2)CCC1. The van der Waals surface area contributed by atoms with Gasteiger partial charge in [-0.1, -0.05) is 18.2 Å². The molecule has 1 aliphatic carbocycles. The van der Waals surface area contributed by atoms with Crippen LogP contribution >= 0.6 is 0 Å². The molecule has 0 aliphatic heterocycles. The fourth-order valence-corrected chi connectivity index (χ4v) is 2.52. The number of hydrogen-bond acceptors (Lipinski definition) is 3.